The lowest BCUT2D eigenvalue weighted by atomic mass is 9.83. The number of esters is 1. The van der Waals surface area contributed by atoms with Gasteiger partial charge in [0.05, 0.1) is 13.2 Å². The number of aliphatic hydroxyl groups excluding tert-OH is 1. The van der Waals surface area contributed by atoms with E-state index in [0.717, 1.165) is 24.8 Å². The molecule has 2 unspecified atom stereocenters. The van der Waals surface area contributed by atoms with Gasteiger partial charge in [-0.15, -0.1) is 0 Å². The minimum absolute atomic E-state index is 0.0659. The fraction of sp³-hybridized carbons (Fsp3) is 0.733. The molecule has 0 aliphatic heterocycles. The molecule has 0 bridgehead atoms. The smallest absolute Gasteiger partial charge is 0.407 e. The molecule has 0 saturated heterocycles. The van der Waals surface area contributed by atoms with Gasteiger partial charge in [-0.25, -0.2) is 4.79 Å². The second-order valence-electron chi connectivity index (χ2n) is 11.4. The fourth-order valence-electron chi connectivity index (χ4n) is 4.76. The van der Waals surface area contributed by atoms with E-state index < -0.39 is 36.0 Å². The van der Waals surface area contributed by atoms with Gasteiger partial charge in [0.1, 0.15) is 37.0 Å². The maximum atomic E-state index is 12.8. The molecule has 4 atom stereocenters. The molecule has 10 nitrogen and oxygen atoms in total. The first-order valence-corrected chi connectivity index (χ1v) is 14.4. The lowest BCUT2D eigenvalue weighted by molar-refractivity contribution is -0.157. The highest BCUT2D eigenvalue weighted by molar-refractivity contribution is 5.75. The van der Waals surface area contributed by atoms with Crippen LogP contribution in [0.4, 0.5) is 4.79 Å². The van der Waals surface area contributed by atoms with Crippen LogP contribution in [0.15, 0.2) is 24.3 Å². The van der Waals surface area contributed by atoms with Gasteiger partial charge in [0.25, 0.3) is 0 Å². The molecule has 1 aliphatic carbocycles. The molecule has 1 amide bonds. The maximum Gasteiger partial charge on any atom is 0.407 e. The summed E-state index contributed by atoms with van der Waals surface area (Å²) in [4.78, 5) is 25.4. The second kappa shape index (κ2) is 17.4. The van der Waals surface area contributed by atoms with E-state index in [9.17, 15) is 14.7 Å². The van der Waals surface area contributed by atoms with E-state index in [2.05, 4.69) is 10.6 Å². The van der Waals surface area contributed by atoms with Crippen LogP contribution in [0.3, 0.4) is 0 Å². The van der Waals surface area contributed by atoms with Crippen molar-refractivity contribution in [1.82, 2.24) is 10.6 Å². The Labute approximate surface area is 239 Å². The lowest BCUT2D eigenvalue weighted by Crippen LogP contribution is -2.52. The second-order valence-corrected chi connectivity index (χ2v) is 11.4. The van der Waals surface area contributed by atoms with Crippen molar-refractivity contribution < 1.29 is 38.4 Å². The van der Waals surface area contributed by atoms with Crippen LogP contribution in [0.2, 0.25) is 0 Å². The standard InChI is InChI=1S/C30H50N2O8/c1-7-37-20-39-27(31-21(2)28(34)38-19-23-14-11-15-25(17-23)36-6)26(33)18-24(16-22-12-9-8-10-13-22)32-29(35)40-30(3,4)5/h11,14-15,17,21-22,24,26-27,31,33H,7-10,12-13,16,18-20H2,1-6H3,(H,32,35)/t21?,24-,26+,27?/m0/s1. The first kappa shape index (κ1) is 33.8. The van der Waals surface area contributed by atoms with Gasteiger partial charge in [-0.1, -0.05) is 44.2 Å². The van der Waals surface area contributed by atoms with Gasteiger partial charge in [-0.2, -0.15) is 0 Å². The van der Waals surface area contributed by atoms with Crippen molar-refractivity contribution in [2.45, 2.75) is 116 Å². The number of alkyl carbamates (subject to hydrolysis) is 1. The summed E-state index contributed by atoms with van der Waals surface area (Å²) in [5.41, 5.74) is 0.159. The molecule has 1 fully saturated rings. The number of benzene rings is 1. The quantitative estimate of drug-likeness (QED) is 0.149. The number of hydrogen-bond donors (Lipinski definition) is 3. The number of rotatable bonds is 16. The van der Waals surface area contributed by atoms with Crippen molar-refractivity contribution in [3.05, 3.63) is 29.8 Å². The van der Waals surface area contributed by atoms with E-state index in [1.807, 2.05) is 45.9 Å². The predicted octanol–water partition coefficient (Wildman–Crippen LogP) is 4.67. The maximum absolute atomic E-state index is 12.8. The number of methoxy groups -OCH3 is 1. The summed E-state index contributed by atoms with van der Waals surface area (Å²) in [6.07, 6.45) is 4.21. The van der Waals surface area contributed by atoms with Crippen LogP contribution in [0.1, 0.15) is 85.1 Å². The monoisotopic (exact) mass is 566 g/mol. The Hall–Kier alpha value is -2.40. The van der Waals surface area contributed by atoms with Gasteiger partial charge >= 0.3 is 12.1 Å². The lowest BCUT2D eigenvalue weighted by Gasteiger charge is -2.32. The Bertz CT molecular complexity index is 885. The molecule has 0 radical (unpaired) electrons. The van der Waals surface area contributed by atoms with E-state index in [-0.39, 0.29) is 25.9 Å². The molecule has 0 aromatic heterocycles. The van der Waals surface area contributed by atoms with Crippen molar-refractivity contribution in [2.75, 3.05) is 20.5 Å². The van der Waals surface area contributed by atoms with E-state index in [0.29, 0.717) is 18.3 Å². The van der Waals surface area contributed by atoms with E-state index in [1.165, 1.54) is 19.3 Å². The molecule has 40 heavy (non-hydrogen) atoms. The van der Waals surface area contributed by atoms with E-state index >= 15 is 0 Å². The third kappa shape index (κ3) is 13.3. The van der Waals surface area contributed by atoms with Crippen LogP contribution in [0, 0.1) is 5.92 Å². The van der Waals surface area contributed by atoms with Gasteiger partial charge in [-0.05, 0) is 71.1 Å². The SMILES string of the molecule is CCOCOC(NC(C)C(=O)OCc1cccc(OC)c1)[C@H](O)C[C@H](CC1CCCCC1)NC(=O)OC(C)(C)C. The summed E-state index contributed by atoms with van der Waals surface area (Å²) < 4.78 is 27.3. The zero-order valence-electron chi connectivity index (χ0n) is 25.1. The van der Waals surface area contributed by atoms with E-state index in [4.69, 9.17) is 23.7 Å². The molecule has 0 spiro atoms. The first-order chi connectivity index (χ1) is 19.0. The van der Waals surface area contributed by atoms with Gasteiger partial charge in [0.15, 0.2) is 0 Å². The van der Waals surface area contributed by atoms with Crippen molar-refractivity contribution in [2.24, 2.45) is 5.92 Å². The van der Waals surface area contributed by atoms with Crippen LogP contribution in [0.5, 0.6) is 5.75 Å². The topological polar surface area (TPSA) is 125 Å². The summed E-state index contributed by atoms with van der Waals surface area (Å²) in [5.74, 6) is 0.642. The fourth-order valence-corrected chi connectivity index (χ4v) is 4.76. The highest BCUT2D eigenvalue weighted by Gasteiger charge is 2.31. The summed E-state index contributed by atoms with van der Waals surface area (Å²) in [5, 5.41) is 17.2. The Balaban J connectivity index is 2.04. The predicted molar refractivity (Wildman–Crippen MR) is 152 cm³/mol. The minimum Gasteiger partial charge on any atom is -0.497 e. The molecule has 3 N–H and O–H groups in total. The van der Waals surface area contributed by atoms with Gasteiger partial charge in [0, 0.05) is 12.6 Å². The Morgan fingerprint density at radius 1 is 1.15 bits per heavy atom. The normalized spacial score (nSPS) is 17.4. The van der Waals surface area contributed by atoms with Gasteiger partial charge < -0.3 is 34.1 Å². The largest absolute Gasteiger partial charge is 0.497 e. The summed E-state index contributed by atoms with van der Waals surface area (Å²) in [7, 11) is 1.58. The summed E-state index contributed by atoms with van der Waals surface area (Å²) in [6, 6.07) is 6.18. The van der Waals surface area contributed by atoms with Crippen LogP contribution < -0.4 is 15.4 Å². The highest BCUT2D eigenvalue weighted by Crippen LogP contribution is 2.29. The summed E-state index contributed by atoms with van der Waals surface area (Å²) >= 11 is 0. The Kier molecular flexibility index (Phi) is 14.7. The molecule has 1 aromatic carbocycles. The van der Waals surface area contributed by atoms with E-state index in [1.54, 1.807) is 20.1 Å². The van der Waals surface area contributed by atoms with Crippen molar-refractivity contribution in [1.29, 1.82) is 0 Å². The number of hydrogen-bond acceptors (Lipinski definition) is 9. The summed E-state index contributed by atoms with van der Waals surface area (Å²) in [6.45, 7) is 9.38. The van der Waals surface area contributed by atoms with Crippen LogP contribution in [0.25, 0.3) is 0 Å². The van der Waals surface area contributed by atoms with Crippen LogP contribution in [-0.4, -0.2) is 67.7 Å². The minimum atomic E-state index is -1.04. The number of carbonyl (C=O) groups is 2. The number of amides is 1. The number of aliphatic hydroxyl groups is 1. The molecule has 1 aromatic rings. The Morgan fingerprint density at radius 2 is 1.88 bits per heavy atom. The number of carbonyl (C=O) groups excluding carboxylic acids is 2. The molecule has 1 saturated carbocycles. The first-order valence-electron chi connectivity index (χ1n) is 14.4. The van der Waals surface area contributed by atoms with Crippen LogP contribution in [-0.2, 0) is 30.3 Å². The molecular weight excluding hydrogens is 516 g/mol. The molecule has 0 heterocycles. The molecule has 10 heteroatoms. The molecule has 2 rings (SSSR count). The highest BCUT2D eigenvalue weighted by atomic mass is 16.7. The number of ether oxygens (including phenoxy) is 5. The van der Waals surface area contributed by atoms with Crippen molar-refractivity contribution >= 4 is 12.1 Å². The molecular formula is C30H50N2O8. The average Bonchev–Trinajstić information content (AvgIpc) is 2.90. The van der Waals surface area contributed by atoms with Gasteiger partial charge in [0.2, 0.25) is 0 Å². The third-order valence-electron chi connectivity index (χ3n) is 6.76. The molecule has 1 aliphatic rings. The third-order valence-corrected chi connectivity index (χ3v) is 6.76. The van der Waals surface area contributed by atoms with Crippen molar-refractivity contribution in [3.63, 3.8) is 0 Å². The zero-order chi connectivity index (χ0) is 29.5. The Morgan fingerprint density at radius 3 is 2.52 bits per heavy atom. The van der Waals surface area contributed by atoms with Crippen molar-refractivity contribution in [3.8, 4) is 5.75 Å². The molecule has 228 valence electrons. The van der Waals surface area contributed by atoms with Crippen LogP contribution >= 0.6 is 0 Å². The van der Waals surface area contributed by atoms with Gasteiger partial charge in [-0.3, -0.25) is 10.1 Å². The zero-order valence-corrected chi connectivity index (χ0v) is 25.1. The average molecular weight is 567 g/mol. The number of nitrogens with one attached hydrogen (secondary N) is 2.